The van der Waals surface area contributed by atoms with Crippen molar-refractivity contribution in [3.8, 4) is 11.1 Å². The molecular formula is C82H91BN2. The fourth-order valence-electron chi connectivity index (χ4n) is 18.0. The van der Waals surface area contributed by atoms with Crippen molar-refractivity contribution < 1.29 is 0 Å². The Kier molecular flexibility index (Phi) is 12.1. The van der Waals surface area contributed by atoms with E-state index >= 15 is 0 Å². The summed E-state index contributed by atoms with van der Waals surface area (Å²) in [5.41, 5.74) is 33.9. The Balaban J connectivity index is 1.08. The number of rotatable bonds is 4. The molecule has 432 valence electrons. The van der Waals surface area contributed by atoms with E-state index < -0.39 is 0 Å². The first kappa shape index (κ1) is 56.0. The lowest BCUT2D eigenvalue weighted by atomic mass is 9.33. The first-order chi connectivity index (χ1) is 39.9. The molecule has 2 heterocycles. The molecule has 0 radical (unpaired) electrons. The second-order valence-electron chi connectivity index (χ2n) is 32.3. The van der Waals surface area contributed by atoms with Crippen LogP contribution in [-0.4, -0.2) is 6.71 Å². The van der Waals surface area contributed by atoms with E-state index in [0.29, 0.717) is 0 Å². The normalized spacial score (nSPS) is 22.1. The zero-order chi connectivity index (χ0) is 60.1. The lowest BCUT2D eigenvalue weighted by Gasteiger charge is -2.55. The Morgan fingerprint density at radius 1 is 0.447 bits per heavy atom. The van der Waals surface area contributed by atoms with Crippen molar-refractivity contribution in [1.29, 1.82) is 0 Å². The molecule has 0 aromatic heterocycles. The Labute approximate surface area is 511 Å². The molecule has 0 bridgehead atoms. The predicted octanol–water partition coefficient (Wildman–Crippen LogP) is 20.4. The van der Waals surface area contributed by atoms with E-state index in [-0.39, 0.29) is 50.0 Å². The smallest absolute Gasteiger partial charge is 0.252 e. The summed E-state index contributed by atoms with van der Waals surface area (Å²) in [6.45, 7) is 43.9. The lowest BCUT2D eigenvalue weighted by molar-refractivity contribution is 0.0877. The van der Waals surface area contributed by atoms with Crippen LogP contribution in [0.15, 0.2) is 146 Å². The average molecular weight is 1120 g/mol. The molecule has 0 N–H and O–H groups in total. The monoisotopic (exact) mass is 1110 g/mol. The van der Waals surface area contributed by atoms with Crippen molar-refractivity contribution in [2.45, 2.75) is 201 Å². The van der Waals surface area contributed by atoms with E-state index in [1.807, 2.05) is 0 Å². The van der Waals surface area contributed by atoms with E-state index in [1.165, 1.54) is 160 Å². The van der Waals surface area contributed by atoms with Gasteiger partial charge < -0.3 is 9.80 Å². The number of benzene rings is 8. The third kappa shape index (κ3) is 8.23. The van der Waals surface area contributed by atoms with Gasteiger partial charge in [-0.3, -0.25) is 0 Å². The Morgan fingerprint density at radius 2 is 1.01 bits per heavy atom. The van der Waals surface area contributed by atoms with Gasteiger partial charge in [0, 0.05) is 44.8 Å². The molecule has 8 aromatic rings. The molecule has 85 heavy (non-hydrogen) atoms. The van der Waals surface area contributed by atoms with Gasteiger partial charge >= 0.3 is 0 Å². The largest absolute Gasteiger partial charge is 0.311 e. The molecule has 14 rings (SSSR count). The minimum atomic E-state index is -0.231. The summed E-state index contributed by atoms with van der Waals surface area (Å²) in [5.74, 6) is 0. The summed E-state index contributed by atoms with van der Waals surface area (Å²) < 4.78 is 0. The highest BCUT2D eigenvalue weighted by Gasteiger charge is 2.53. The van der Waals surface area contributed by atoms with Crippen molar-refractivity contribution in [3.63, 3.8) is 0 Å². The van der Waals surface area contributed by atoms with Gasteiger partial charge in [0.25, 0.3) is 6.71 Å². The molecule has 0 spiro atoms. The van der Waals surface area contributed by atoms with Crippen LogP contribution in [0.5, 0.6) is 0 Å². The highest BCUT2D eigenvalue weighted by Crippen LogP contribution is 2.62. The van der Waals surface area contributed by atoms with Crippen LogP contribution in [0.25, 0.3) is 22.8 Å². The number of allylic oxidation sites excluding steroid dienone is 1. The predicted molar refractivity (Wildman–Crippen MR) is 367 cm³/mol. The quantitative estimate of drug-likeness (QED) is 0.162. The summed E-state index contributed by atoms with van der Waals surface area (Å²) in [5, 5.41) is 0. The number of fused-ring (bicyclic) bond motifs is 10. The van der Waals surface area contributed by atoms with Crippen molar-refractivity contribution in [2.75, 3.05) is 9.80 Å². The number of hydrogen-bond acceptors (Lipinski definition) is 2. The fourth-order valence-corrected chi connectivity index (χ4v) is 18.0. The molecule has 1 saturated carbocycles. The number of nitrogens with zero attached hydrogens (tertiary/aromatic N) is 2. The van der Waals surface area contributed by atoms with Gasteiger partial charge in [0.15, 0.2) is 0 Å². The Bertz CT molecular complexity index is 4170. The highest BCUT2D eigenvalue weighted by atomic mass is 15.2. The minimum Gasteiger partial charge on any atom is -0.311 e. The van der Waals surface area contributed by atoms with E-state index in [2.05, 4.69) is 286 Å². The molecule has 8 aromatic carbocycles. The summed E-state index contributed by atoms with van der Waals surface area (Å²) in [6.07, 6.45) is 9.91. The van der Waals surface area contributed by atoms with Crippen molar-refractivity contribution in [1.82, 2.24) is 0 Å². The summed E-state index contributed by atoms with van der Waals surface area (Å²) in [7, 11) is 0. The van der Waals surface area contributed by atoms with Crippen LogP contribution in [0.4, 0.5) is 34.1 Å². The molecule has 0 saturated heterocycles. The third-order valence-corrected chi connectivity index (χ3v) is 22.8. The molecule has 1 fully saturated rings. The molecule has 2 atom stereocenters. The van der Waals surface area contributed by atoms with Crippen LogP contribution in [0, 0.1) is 19.3 Å². The topological polar surface area (TPSA) is 6.48 Å². The average Bonchev–Trinajstić information content (AvgIpc) is 1.15. The van der Waals surface area contributed by atoms with Crippen LogP contribution >= 0.6 is 0 Å². The first-order valence-electron chi connectivity index (χ1n) is 32.3. The molecule has 2 nitrogen and oxygen atoms in total. The minimum absolute atomic E-state index is 0.0265. The zero-order valence-electron chi connectivity index (χ0n) is 54.6. The van der Waals surface area contributed by atoms with Crippen molar-refractivity contribution in [3.05, 3.63) is 218 Å². The summed E-state index contributed by atoms with van der Waals surface area (Å²) in [4.78, 5) is 5.46. The second kappa shape index (κ2) is 18.4. The van der Waals surface area contributed by atoms with E-state index in [4.69, 9.17) is 0 Å². The molecule has 6 aliphatic rings. The molecule has 2 unspecified atom stereocenters. The van der Waals surface area contributed by atoms with Crippen molar-refractivity contribution >= 4 is 68.9 Å². The molecule has 3 heteroatoms. The van der Waals surface area contributed by atoms with Gasteiger partial charge in [-0.15, -0.1) is 0 Å². The second-order valence-corrected chi connectivity index (χ2v) is 32.3. The zero-order valence-corrected chi connectivity index (χ0v) is 54.6. The van der Waals surface area contributed by atoms with Gasteiger partial charge in [-0.05, 0) is 214 Å². The fraction of sp³-hybridized carbons (Fsp3) is 0.390. The van der Waals surface area contributed by atoms with Gasteiger partial charge in [-0.1, -0.05) is 233 Å². The van der Waals surface area contributed by atoms with Crippen LogP contribution < -0.4 is 26.2 Å². The van der Waals surface area contributed by atoms with Gasteiger partial charge in [-0.25, -0.2) is 0 Å². The van der Waals surface area contributed by atoms with Crippen LogP contribution in [0.3, 0.4) is 0 Å². The van der Waals surface area contributed by atoms with Gasteiger partial charge in [0.2, 0.25) is 0 Å². The number of anilines is 6. The van der Waals surface area contributed by atoms with Gasteiger partial charge in [0.1, 0.15) is 0 Å². The van der Waals surface area contributed by atoms with Crippen LogP contribution in [0.1, 0.15) is 222 Å². The Hall–Kier alpha value is -6.84. The van der Waals surface area contributed by atoms with Gasteiger partial charge in [-0.2, -0.15) is 0 Å². The van der Waals surface area contributed by atoms with Crippen LogP contribution in [-0.2, 0) is 37.9 Å². The van der Waals surface area contributed by atoms with E-state index in [1.54, 1.807) is 5.56 Å². The maximum absolute atomic E-state index is 2.74. The third-order valence-electron chi connectivity index (χ3n) is 22.8. The molecular weight excluding hydrogens is 1020 g/mol. The van der Waals surface area contributed by atoms with E-state index in [0.717, 1.165) is 12.8 Å². The molecule has 0 amide bonds. The van der Waals surface area contributed by atoms with E-state index in [9.17, 15) is 0 Å². The lowest BCUT2D eigenvalue weighted by Crippen LogP contribution is -2.62. The standard InChI is InChI=1S/C82H91BN2/c1-50-38-72-74-73(39-50)85(69-46-63-62(40-51(69)2)77(9,10)49-78(63,11)12)71-47-65-64(79(13,14)59-28-22-23-29-60(59)80(65,15)16)45-67(71)83(74)66-34-30-52(42-70(66)84(72)68-35-32-55(75(3,4)5)43-58(68)53-26-20-19-21-27-53)41-54-48-81(17)36-24-25-37-82(81,18)61-44-56(76(6,7)8)31-33-57(54)61/h19-23,26-35,38-47H,24-25,36-37,48-49H2,1-18H3/b54-41-. The molecule has 2 aliphatic heterocycles. The molecule has 4 aliphatic carbocycles. The summed E-state index contributed by atoms with van der Waals surface area (Å²) in [6, 6.07) is 58.8. The number of hydrogen-bond donors (Lipinski definition) is 0. The van der Waals surface area contributed by atoms with Crippen molar-refractivity contribution in [2.24, 2.45) is 5.41 Å². The highest BCUT2D eigenvalue weighted by molar-refractivity contribution is 7.00. The maximum atomic E-state index is 2.74. The van der Waals surface area contributed by atoms with Crippen LogP contribution in [0.2, 0.25) is 0 Å². The Morgan fingerprint density at radius 3 is 1.67 bits per heavy atom. The van der Waals surface area contributed by atoms with Gasteiger partial charge in [0.05, 0.1) is 5.69 Å². The number of aryl methyl sites for hydroxylation is 2. The SMILES string of the molecule is Cc1cc2c3c(c1)N(c1ccc(C(C)(C)C)cc1-c1ccccc1)c1cc(/C=C4/CC5(C)CCCCC5(C)c5cc(C(C)(C)C)ccc54)ccc1B3c1cc3c(cc1N2c1cc2c(cc1C)C(C)(C)CC2(C)C)C(C)(C)c1ccccc1C3(C)C. The maximum Gasteiger partial charge on any atom is 0.252 e. The summed E-state index contributed by atoms with van der Waals surface area (Å²) >= 11 is 0. The first-order valence-corrected chi connectivity index (χ1v) is 32.3.